The van der Waals surface area contributed by atoms with Crippen LogP contribution < -0.4 is 9.64 Å². The number of amides is 2. The van der Waals surface area contributed by atoms with E-state index >= 15 is 0 Å². The summed E-state index contributed by atoms with van der Waals surface area (Å²) in [7, 11) is 0. The standard InChI is InChI=1S/C32H28Cl2N8O3/c33-14-16-40(17-15-34)24-12-10-23(11-13-24)38-39-32-36-28-27(29(37-32)45-20-22-6-2-1-3-7-22)35-21-41(28)18-19-42-30(43)25-8-4-5-9-26(25)31(42)44/h1-13,21H,14-20H2/b39-38+. The van der Waals surface area contributed by atoms with E-state index in [9.17, 15) is 9.59 Å². The van der Waals surface area contributed by atoms with Gasteiger partial charge in [0.2, 0.25) is 5.88 Å². The Morgan fingerprint density at radius 3 is 2.11 bits per heavy atom. The maximum atomic E-state index is 12.9. The number of azo groups is 1. The molecule has 0 aliphatic carbocycles. The molecule has 13 heteroatoms. The summed E-state index contributed by atoms with van der Waals surface area (Å²) in [6.45, 7) is 2.00. The van der Waals surface area contributed by atoms with Gasteiger partial charge in [-0.15, -0.1) is 33.4 Å². The first-order valence-corrected chi connectivity index (χ1v) is 15.4. The van der Waals surface area contributed by atoms with Crippen molar-refractivity contribution >= 4 is 63.5 Å². The Hall–Kier alpha value is -4.87. The maximum absolute atomic E-state index is 12.9. The van der Waals surface area contributed by atoms with Crippen molar-refractivity contribution < 1.29 is 14.3 Å². The number of aromatic nitrogens is 4. The lowest BCUT2D eigenvalue weighted by Crippen LogP contribution is -2.32. The second-order valence-corrected chi connectivity index (χ2v) is 10.9. The van der Waals surface area contributed by atoms with Crippen molar-refractivity contribution in [2.75, 3.05) is 36.3 Å². The molecule has 0 bridgehead atoms. The van der Waals surface area contributed by atoms with Gasteiger partial charge in [0, 0.05) is 43.6 Å². The van der Waals surface area contributed by atoms with Gasteiger partial charge in [0.25, 0.3) is 17.8 Å². The zero-order chi connectivity index (χ0) is 31.2. The van der Waals surface area contributed by atoms with Gasteiger partial charge in [-0.05, 0) is 42.0 Å². The highest BCUT2D eigenvalue weighted by Gasteiger charge is 2.34. The molecule has 11 nitrogen and oxygen atoms in total. The molecule has 2 aromatic heterocycles. The molecule has 0 N–H and O–H groups in total. The number of halogens is 2. The van der Waals surface area contributed by atoms with Crippen LogP contribution in [0.25, 0.3) is 11.2 Å². The Morgan fingerprint density at radius 2 is 1.44 bits per heavy atom. The fourth-order valence-electron chi connectivity index (χ4n) is 5.00. The number of carbonyl (C=O) groups excluding carboxylic acids is 2. The molecule has 1 aliphatic rings. The quantitative estimate of drug-likeness (QED) is 0.0828. The van der Waals surface area contributed by atoms with Gasteiger partial charge < -0.3 is 14.2 Å². The average Bonchev–Trinajstić information content (AvgIpc) is 3.59. The van der Waals surface area contributed by atoms with Crippen LogP contribution in [0.5, 0.6) is 5.88 Å². The summed E-state index contributed by atoms with van der Waals surface area (Å²) in [4.78, 5) is 42.7. The number of anilines is 1. The average molecular weight is 644 g/mol. The van der Waals surface area contributed by atoms with Gasteiger partial charge in [-0.2, -0.15) is 9.97 Å². The van der Waals surface area contributed by atoms with E-state index in [1.165, 1.54) is 4.90 Å². The van der Waals surface area contributed by atoms with E-state index < -0.39 is 0 Å². The number of imidazole rings is 1. The van der Waals surface area contributed by atoms with Crippen LogP contribution >= 0.6 is 23.2 Å². The van der Waals surface area contributed by atoms with Gasteiger partial charge in [-0.3, -0.25) is 14.5 Å². The molecule has 0 atom stereocenters. The summed E-state index contributed by atoms with van der Waals surface area (Å²) < 4.78 is 7.82. The Bertz CT molecular complexity index is 1810. The van der Waals surface area contributed by atoms with Crippen molar-refractivity contribution in [2.24, 2.45) is 10.2 Å². The number of hydrogen-bond donors (Lipinski definition) is 0. The van der Waals surface area contributed by atoms with E-state index in [2.05, 4.69) is 30.1 Å². The van der Waals surface area contributed by atoms with Crippen LogP contribution in [0, 0.1) is 0 Å². The highest BCUT2D eigenvalue weighted by molar-refractivity contribution is 6.21. The first-order valence-electron chi connectivity index (χ1n) is 14.3. The third kappa shape index (κ3) is 6.64. The van der Waals surface area contributed by atoms with Crippen LogP contribution in [0.3, 0.4) is 0 Å². The molecular formula is C32H28Cl2N8O3. The Balaban J connectivity index is 1.26. The third-order valence-corrected chi connectivity index (χ3v) is 7.60. The molecule has 0 saturated carbocycles. The van der Waals surface area contributed by atoms with E-state index in [0.717, 1.165) is 11.3 Å². The van der Waals surface area contributed by atoms with Crippen LogP contribution in [0.2, 0.25) is 0 Å². The lowest BCUT2D eigenvalue weighted by Gasteiger charge is -2.22. The van der Waals surface area contributed by atoms with Gasteiger partial charge in [-0.25, -0.2) is 4.98 Å². The van der Waals surface area contributed by atoms with Gasteiger partial charge in [0.05, 0.1) is 23.1 Å². The number of benzene rings is 3. The van der Waals surface area contributed by atoms with E-state index in [4.69, 9.17) is 27.9 Å². The topological polar surface area (TPSA) is 118 Å². The minimum absolute atomic E-state index is 0.0722. The molecule has 1 aliphatic heterocycles. The number of fused-ring (bicyclic) bond motifs is 2. The van der Waals surface area contributed by atoms with E-state index in [0.29, 0.717) is 52.8 Å². The molecule has 2 amide bonds. The molecule has 0 fully saturated rings. The maximum Gasteiger partial charge on any atom is 0.274 e. The van der Waals surface area contributed by atoms with E-state index in [1.54, 1.807) is 35.2 Å². The van der Waals surface area contributed by atoms with Crippen molar-refractivity contribution in [1.82, 2.24) is 24.4 Å². The summed E-state index contributed by atoms with van der Waals surface area (Å²) in [5.74, 6) is 0.642. The van der Waals surface area contributed by atoms with Crippen molar-refractivity contribution in [3.8, 4) is 5.88 Å². The molecule has 5 aromatic rings. The summed E-state index contributed by atoms with van der Waals surface area (Å²) in [5.41, 5.74) is 4.20. The van der Waals surface area contributed by atoms with Crippen molar-refractivity contribution in [3.63, 3.8) is 0 Å². The summed E-state index contributed by atoms with van der Waals surface area (Å²) in [5, 5.41) is 8.65. The smallest absolute Gasteiger partial charge is 0.274 e. The Labute approximate surface area is 269 Å². The van der Waals surface area contributed by atoms with Crippen molar-refractivity contribution in [2.45, 2.75) is 13.2 Å². The summed E-state index contributed by atoms with van der Waals surface area (Å²) in [6.07, 6.45) is 1.58. The van der Waals surface area contributed by atoms with Crippen molar-refractivity contribution in [1.29, 1.82) is 0 Å². The molecule has 0 spiro atoms. The van der Waals surface area contributed by atoms with Crippen LogP contribution in [0.15, 0.2) is 95.4 Å². The third-order valence-electron chi connectivity index (χ3n) is 7.26. The van der Waals surface area contributed by atoms with E-state index in [1.807, 2.05) is 54.6 Å². The largest absolute Gasteiger partial charge is 0.471 e. The first kappa shape index (κ1) is 30.2. The molecule has 3 aromatic carbocycles. The number of rotatable bonds is 13. The molecule has 3 heterocycles. The summed E-state index contributed by atoms with van der Waals surface area (Å²) in [6, 6.07) is 24.0. The minimum Gasteiger partial charge on any atom is -0.471 e. The van der Waals surface area contributed by atoms with Crippen LogP contribution in [-0.2, 0) is 13.2 Å². The van der Waals surface area contributed by atoms with Gasteiger partial charge in [0.15, 0.2) is 11.2 Å². The minimum atomic E-state index is -0.324. The molecule has 6 rings (SSSR count). The fourth-order valence-corrected chi connectivity index (χ4v) is 5.41. The zero-order valence-corrected chi connectivity index (χ0v) is 25.6. The molecular weight excluding hydrogens is 615 g/mol. The number of alkyl halides is 2. The van der Waals surface area contributed by atoms with E-state index in [-0.39, 0.29) is 43.3 Å². The Morgan fingerprint density at radius 1 is 0.778 bits per heavy atom. The number of nitrogens with zero attached hydrogens (tertiary/aromatic N) is 8. The number of hydrogen-bond acceptors (Lipinski definition) is 9. The molecule has 0 unspecified atom stereocenters. The predicted octanol–water partition coefficient (Wildman–Crippen LogP) is 6.40. The molecule has 0 saturated heterocycles. The number of ether oxygens (including phenoxy) is 1. The Kier molecular flexibility index (Phi) is 9.27. The second kappa shape index (κ2) is 13.8. The van der Waals surface area contributed by atoms with Crippen LogP contribution in [0.1, 0.15) is 26.3 Å². The summed E-state index contributed by atoms with van der Waals surface area (Å²) >= 11 is 11.9. The predicted molar refractivity (Wildman–Crippen MR) is 172 cm³/mol. The number of carbonyl (C=O) groups is 2. The first-order chi connectivity index (χ1) is 22.1. The number of imide groups is 1. The SMILES string of the molecule is O=C1c2ccccc2C(=O)N1CCn1cnc2c(OCc3ccccc3)nc(/N=N/c3ccc(N(CCCl)CCCl)cc3)nc21. The zero-order valence-electron chi connectivity index (χ0n) is 24.1. The van der Waals surface area contributed by atoms with Gasteiger partial charge in [-0.1, -0.05) is 42.5 Å². The van der Waals surface area contributed by atoms with Gasteiger partial charge >= 0.3 is 0 Å². The second-order valence-electron chi connectivity index (χ2n) is 10.1. The lowest BCUT2D eigenvalue weighted by molar-refractivity contribution is 0.0649. The normalized spacial score (nSPS) is 12.8. The fraction of sp³-hybridized carbons (Fsp3) is 0.219. The van der Waals surface area contributed by atoms with Gasteiger partial charge in [0.1, 0.15) is 6.61 Å². The molecule has 0 radical (unpaired) electrons. The monoisotopic (exact) mass is 642 g/mol. The highest BCUT2D eigenvalue weighted by Crippen LogP contribution is 2.28. The van der Waals surface area contributed by atoms with Crippen LogP contribution in [-0.4, -0.2) is 67.6 Å². The molecule has 228 valence electrons. The van der Waals surface area contributed by atoms with Crippen LogP contribution in [0.4, 0.5) is 17.3 Å². The lowest BCUT2D eigenvalue weighted by atomic mass is 10.1. The highest BCUT2D eigenvalue weighted by atomic mass is 35.5. The van der Waals surface area contributed by atoms with Crippen molar-refractivity contribution in [3.05, 3.63) is 102 Å². The molecule has 45 heavy (non-hydrogen) atoms.